The third-order valence-corrected chi connectivity index (χ3v) is 6.76. The first kappa shape index (κ1) is 15.6. The molecule has 1 aliphatic heterocycles. The maximum absolute atomic E-state index is 12.5. The molecule has 0 saturated carbocycles. The molecule has 2 aromatic rings. The van der Waals surface area contributed by atoms with E-state index in [1.807, 2.05) is 12.1 Å². The fourth-order valence-electron chi connectivity index (χ4n) is 4.76. The lowest BCUT2D eigenvalue weighted by molar-refractivity contribution is 0.123. The summed E-state index contributed by atoms with van der Waals surface area (Å²) in [5.74, 6) is 0.492. The molecule has 0 saturated heterocycles. The van der Waals surface area contributed by atoms with Gasteiger partial charge in [0.05, 0.1) is 6.10 Å². The minimum absolute atomic E-state index is 0.0315. The number of benzene rings is 2. The van der Waals surface area contributed by atoms with Crippen LogP contribution in [0.2, 0.25) is 0 Å². The van der Waals surface area contributed by atoms with Crippen LogP contribution < -0.4 is 4.52 Å². The first-order chi connectivity index (χ1) is 12.1. The van der Waals surface area contributed by atoms with Crippen molar-refractivity contribution < 1.29 is 18.5 Å². The first-order valence-electron chi connectivity index (χ1n) is 9.06. The van der Waals surface area contributed by atoms with Crippen molar-refractivity contribution in [3.8, 4) is 5.75 Å². The number of fused-ring (bicyclic) bond motifs is 7. The van der Waals surface area contributed by atoms with Crippen molar-refractivity contribution in [1.29, 1.82) is 0 Å². The summed E-state index contributed by atoms with van der Waals surface area (Å²) in [5, 5.41) is 0. The standard InChI is InChI=1S/C20H21O4P/c21-25(22)23-17-11-9-13-5-1-3-7-15(13)19(17)20-16-8-4-2-6-14(16)10-12-18(20)24-25/h1,3,5,7,10,12,17,19H,2,4,6,8-9,11H2,(H,21,22). The van der Waals surface area contributed by atoms with E-state index in [9.17, 15) is 9.46 Å². The molecule has 130 valence electrons. The Kier molecular flexibility index (Phi) is 3.56. The van der Waals surface area contributed by atoms with E-state index in [0.717, 1.165) is 37.7 Å². The third kappa shape index (κ3) is 2.55. The van der Waals surface area contributed by atoms with Gasteiger partial charge >= 0.3 is 7.82 Å². The highest BCUT2D eigenvalue weighted by atomic mass is 31.2. The van der Waals surface area contributed by atoms with Gasteiger partial charge in [-0.25, -0.2) is 4.57 Å². The van der Waals surface area contributed by atoms with Crippen LogP contribution in [0.5, 0.6) is 5.75 Å². The molecular formula is C20H21O4P. The van der Waals surface area contributed by atoms with Gasteiger partial charge in [0, 0.05) is 11.5 Å². The highest BCUT2D eigenvalue weighted by Crippen LogP contribution is 2.57. The summed E-state index contributed by atoms with van der Waals surface area (Å²) in [6.07, 6.45) is 5.70. The van der Waals surface area contributed by atoms with Gasteiger partial charge in [-0.05, 0) is 66.8 Å². The molecule has 3 unspecified atom stereocenters. The van der Waals surface area contributed by atoms with E-state index in [2.05, 4.69) is 24.3 Å². The van der Waals surface area contributed by atoms with Crippen molar-refractivity contribution >= 4 is 7.82 Å². The van der Waals surface area contributed by atoms with Gasteiger partial charge in [-0.2, -0.15) is 0 Å². The Morgan fingerprint density at radius 1 is 1.00 bits per heavy atom. The molecule has 25 heavy (non-hydrogen) atoms. The Bertz CT molecular complexity index is 891. The molecule has 3 atom stereocenters. The molecule has 1 heterocycles. The highest BCUT2D eigenvalue weighted by molar-refractivity contribution is 7.47. The fourth-order valence-corrected chi connectivity index (χ4v) is 5.78. The van der Waals surface area contributed by atoms with E-state index in [1.54, 1.807) is 0 Å². The van der Waals surface area contributed by atoms with Crippen molar-refractivity contribution in [1.82, 2.24) is 0 Å². The van der Waals surface area contributed by atoms with Crippen molar-refractivity contribution in [3.05, 3.63) is 64.2 Å². The summed E-state index contributed by atoms with van der Waals surface area (Å²) >= 11 is 0. The van der Waals surface area contributed by atoms with E-state index >= 15 is 0 Å². The molecule has 0 amide bonds. The van der Waals surface area contributed by atoms with Crippen LogP contribution in [0, 0.1) is 0 Å². The van der Waals surface area contributed by atoms with E-state index in [-0.39, 0.29) is 12.0 Å². The second-order valence-electron chi connectivity index (χ2n) is 7.24. The quantitative estimate of drug-likeness (QED) is 0.705. The maximum Gasteiger partial charge on any atom is 0.527 e. The van der Waals surface area contributed by atoms with Gasteiger partial charge in [0.1, 0.15) is 5.75 Å². The molecule has 0 bridgehead atoms. The Labute approximate surface area is 147 Å². The summed E-state index contributed by atoms with van der Waals surface area (Å²) in [7, 11) is -4.10. The van der Waals surface area contributed by atoms with Crippen LogP contribution in [-0.2, 0) is 28.4 Å². The smallest absolute Gasteiger partial charge is 0.404 e. The predicted molar refractivity (Wildman–Crippen MR) is 95.0 cm³/mol. The largest absolute Gasteiger partial charge is 0.527 e. The van der Waals surface area contributed by atoms with E-state index in [1.165, 1.54) is 28.7 Å². The number of hydrogen-bond donors (Lipinski definition) is 1. The molecule has 2 aromatic carbocycles. The van der Waals surface area contributed by atoms with Crippen LogP contribution in [-0.4, -0.2) is 11.0 Å². The van der Waals surface area contributed by atoms with Gasteiger partial charge in [0.15, 0.2) is 0 Å². The second-order valence-corrected chi connectivity index (χ2v) is 8.57. The molecular weight excluding hydrogens is 335 g/mol. The number of aryl methyl sites for hydroxylation is 2. The van der Waals surface area contributed by atoms with Crippen LogP contribution in [0.4, 0.5) is 0 Å². The molecule has 0 radical (unpaired) electrons. The number of rotatable bonds is 0. The van der Waals surface area contributed by atoms with E-state index in [0.29, 0.717) is 5.75 Å². The molecule has 0 spiro atoms. The van der Waals surface area contributed by atoms with Crippen molar-refractivity contribution in [2.45, 2.75) is 50.5 Å². The van der Waals surface area contributed by atoms with Crippen molar-refractivity contribution in [2.75, 3.05) is 0 Å². The number of hydrogen-bond acceptors (Lipinski definition) is 3. The summed E-state index contributed by atoms with van der Waals surface area (Å²) in [6.45, 7) is 0. The Morgan fingerprint density at radius 3 is 2.76 bits per heavy atom. The minimum Gasteiger partial charge on any atom is -0.404 e. The van der Waals surface area contributed by atoms with Crippen LogP contribution in [0.15, 0.2) is 36.4 Å². The zero-order valence-corrected chi connectivity index (χ0v) is 14.9. The molecule has 5 heteroatoms. The lowest BCUT2D eigenvalue weighted by Gasteiger charge is -2.34. The molecule has 3 aliphatic rings. The summed E-state index contributed by atoms with van der Waals surface area (Å²) in [5.41, 5.74) is 6.26. The molecule has 2 aliphatic carbocycles. The Hall–Kier alpha value is -1.61. The fraction of sp³-hybridized carbons (Fsp3) is 0.400. The molecule has 1 N–H and O–H groups in total. The number of phosphoric acid groups is 1. The zero-order chi connectivity index (χ0) is 17.0. The van der Waals surface area contributed by atoms with Gasteiger partial charge in [0.25, 0.3) is 0 Å². The van der Waals surface area contributed by atoms with Gasteiger partial charge in [-0.15, -0.1) is 0 Å². The third-order valence-electron chi connectivity index (χ3n) is 5.79. The monoisotopic (exact) mass is 356 g/mol. The molecule has 0 fully saturated rings. The van der Waals surface area contributed by atoms with Gasteiger partial charge < -0.3 is 4.52 Å². The lowest BCUT2D eigenvalue weighted by Crippen LogP contribution is -2.28. The average Bonchev–Trinajstić information content (AvgIpc) is 2.73. The summed E-state index contributed by atoms with van der Waals surface area (Å²) in [4.78, 5) is 10.2. The van der Waals surface area contributed by atoms with Crippen LogP contribution in [0.3, 0.4) is 0 Å². The van der Waals surface area contributed by atoms with Crippen molar-refractivity contribution in [2.24, 2.45) is 0 Å². The highest BCUT2D eigenvalue weighted by Gasteiger charge is 2.44. The van der Waals surface area contributed by atoms with Crippen molar-refractivity contribution in [3.63, 3.8) is 0 Å². The molecule has 4 nitrogen and oxygen atoms in total. The van der Waals surface area contributed by atoms with Crippen LogP contribution in [0.1, 0.15) is 53.0 Å². The Morgan fingerprint density at radius 2 is 1.84 bits per heavy atom. The van der Waals surface area contributed by atoms with Crippen LogP contribution in [0.25, 0.3) is 0 Å². The predicted octanol–water partition coefficient (Wildman–Crippen LogP) is 4.52. The average molecular weight is 356 g/mol. The zero-order valence-electron chi connectivity index (χ0n) is 14.0. The van der Waals surface area contributed by atoms with E-state index < -0.39 is 7.82 Å². The Balaban J connectivity index is 1.79. The second kappa shape index (κ2) is 5.70. The van der Waals surface area contributed by atoms with Crippen LogP contribution >= 0.6 is 7.82 Å². The number of phosphoric ester groups is 1. The van der Waals surface area contributed by atoms with Gasteiger partial charge in [-0.1, -0.05) is 30.3 Å². The normalized spacial score (nSPS) is 30.1. The van der Waals surface area contributed by atoms with Gasteiger partial charge in [0.2, 0.25) is 0 Å². The van der Waals surface area contributed by atoms with Gasteiger partial charge in [-0.3, -0.25) is 9.42 Å². The minimum atomic E-state index is -4.10. The first-order valence-corrected chi connectivity index (χ1v) is 10.6. The lowest BCUT2D eigenvalue weighted by atomic mass is 9.73. The summed E-state index contributed by atoms with van der Waals surface area (Å²) < 4.78 is 23.6. The molecule has 0 aromatic heterocycles. The maximum atomic E-state index is 12.5. The summed E-state index contributed by atoms with van der Waals surface area (Å²) in [6, 6.07) is 12.3. The SMILES string of the molecule is O=P1(O)Oc2ccc3c(c2C2c4ccccc4CCC2O1)CCCC3. The van der Waals surface area contributed by atoms with E-state index in [4.69, 9.17) is 9.05 Å². The topological polar surface area (TPSA) is 55.8 Å². The molecule has 5 rings (SSSR count).